The molecule has 5 rings (SSSR count). The summed E-state index contributed by atoms with van der Waals surface area (Å²) in [6.07, 6.45) is 5.31. The zero-order chi connectivity index (χ0) is 26.4. The summed E-state index contributed by atoms with van der Waals surface area (Å²) < 4.78 is 5.28. The van der Waals surface area contributed by atoms with Gasteiger partial charge in [-0.1, -0.05) is 50.2 Å². The quantitative estimate of drug-likeness (QED) is 0.281. The Kier molecular flexibility index (Phi) is 5.89. The molecule has 4 aromatic rings. The molecule has 190 valence electrons. The number of nitrogens with one attached hydrogen (secondary N) is 2. The third-order valence-corrected chi connectivity index (χ3v) is 6.49. The zero-order valence-electron chi connectivity index (χ0n) is 21.7. The Morgan fingerprint density at radius 2 is 1.95 bits per heavy atom. The first-order valence-corrected chi connectivity index (χ1v) is 12.1. The van der Waals surface area contributed by atoms with Crippen molar-refractivity contribution in [1.29, 1.82) is 0 Å². The summed E-state index contributed by atoms with van der Waals surface area (Å²) in [6, 6.07) is 10.2. The molecule has 0 atom stereocenters. The van der Waals surface area contributed by atoms with Crippen molar-refractivity contribution in [3.63, 3.8) is 0 Å². The summed E-state index contributed by atoms with van der Waals surface area (Å²) in [6.45, 7) is 11.4. The lowest BCUT2D eigenvalue weighted by atomic mass is 9.97. The number of imidazole rings is 1. The largest absolute Gasteiger partial charge is 0.340 e. The molecule has 0 bridgehead atoms. The molecule has 0 unspecified atom stereocenters. The normalized spacial score (nSPS) is 15.0. The molecule has 0 saturated heterocycles. The first-order valence-electron chi connectivity index (χ1n) is 12.1. The molecule has 37 heavy (non-hydrogen) atoms. The van der Waals surface area contributed by atoms with Gasteiger partial charge in [0.2, 0.25) is 5.89 Å². The molecule has 10 nitrogen and oxygen atoms in total. The second-order valence-corrected chi connectivity index (χ2v) is 10.5. The van der Waals surface area contributed by atoms with Gasteiger partial charge >= 0.3 is 0 Å². The molecular weight excluding hydrogens is 468 g/mol. The average Bonchev–Trinajstić information content (AvgIpc) is 3.28. The van der Waals surface area contributed by atoms with Crippen LogP contribution in [0.2, 0.25) is 0 Å². The predicted octanol–water partition coefficient (Wildman–Crippen LogP) is 4.63. The Balaban J connectivity index is 1.38. The maximum Gasteiger partial charge on any atom is 0.293 e. The van der Waals surface area contributed by atoms with Gasteiger partial charge in [0.25, 0.3) is 11.7 Å². The minimum atomic E-state index is -0.417. The molecule has 0 radical (unpaired) electrons. The van der Waals surface area contributed by atoms with E-state index < -0.39 is 5.54 Å². The van der Waals surface area contributed by atoms with Crippen LogP contribution in [0.5, 0.6) is 0 Å². The molecule has 0 spiro atoms. The number of carbonyl (C=O) groups is 1. The number of pyridine rings is 1. The number of amides is 1. The molecule has 1 aliphatic carbocycles. The number of hydrogen-bond donors (Lipinski definition) is 2. The lowest BCUT2D eigenvalue weighted by Crippen LogP contribution is -2.35. The summed E-state index contributed by atoms with van der Waals surface area (Å²) in [5.74, 6) is 0.884. The molecule has 2 N–H and O–H groups in total. The average molecular weight is 499 g/mol. The maximum absolute atomic E-state index is 12.9. The van der Waals surface area contributed by atoms with Gasteiger partial charge in [0, 0.05) is 42.7 Å². The van der Waals surface area contributed by atoms with Crippen molar-refractivity contribution < 1.29 is 9.32 Å². The first-order chi connectivity index (χ1) is 17.6. The van der Waals surface area contributed by atoms with Gasteiger partial charge in [-0.15, -0.1) is 0 Å². The van der Waals surface area contributed by atoms with Gasteiger partial charge in [-0.25, -0.2) is 9.97 Å². The lowest BCUT2D eigenvalue weighted by Gasteiger charge is -2.17. The van der Waals surface area contributed by atoms with Crippen LogP contribution in [0.4, 0.5) is 0 Å². The number of aromatic nitrogens is 5. The van der Waals surface area contributed by atoms with Gasteiger partial charge < -0.3 is 14.8 Å². The van der Waals surface area contributed by atoms with E-state index in [1.54, 1.807) is 11.2 Å². The molecular formula is C27H30N8O2. The lowest BCUT2D eigenvalue weighted by molar-refractivity contribution is 0.0917. The van der Waals surface area contributed by atoms with E-state index >= 15 is 0 Å². The van der Waals surface area contributed by atoms with E-state index in [0.29, 0.717) is 11.5 Å². The van der Waals surface area contributed by atoms with Crippen LogP contribution in [0.1, 0.15) is 68.4 Å². The Morgan fingerprint density at radius 3 is 2.57 bits per heavy atom. The predicted molar refractivity (Wildman–Crippen MR) is 142 cm³/mol. The van der Waals surface area contributed by atoms with Crippen LogP contribution in [0.3, 0.4) is 0 Å². The fraction of sp³-hybridized carbons (Fsp3) is 0.333. The molecule has 10 heteroatoms. The minimum absolute atomic E-state index is 0.0569. The van der Waals surface area contributed by atoms with Gasteiger partial charge in [-0.05, 0) is 37.0 Å². The number of fused-ring (bicyclic) bond motifs is 1. The van der Waals surface area contributed by atoms with Crippen LogP contribution in [0, 0.1) is 0 Å². The van der Waals surface area contributed by atoms with Crippen molar-refractivity contribution in [2.24, 2.45) is 5.10 Å². The summed E-state index contributed by atoms with van der Waals surface area (Å²) in [5, 5.41) is 12.5. The van der Waals surface area contributed by atoms with Gasteiger partial charge in [0.05, 0.1) is 11.1 Å². The molecule has 0 aliphatic heterocycles. The van der Waals surface area contributed by atoms with Gasteiger partial charge in [-0.2, -0.15) is 10.1 Å². The van der Waals surface area contributed by atoms with E-state index in [0.717, 1.165) is 46.4 Å². The molecule has 1 aliphatic rings. The highest BCUT2D eigenvalue weighted by atomic mass is 16.5. The number of hydrazone groups is 1. The summed E-state index contributed by atoms with van der Waals surface area (Å²) >= 11 is 0. The first kappa shape index (κ1) is 24.4. The fourth-order valence-corrected chi connectivity index (χ4v) is 4.19. The van der Waals surface area contributed by atoms with Crippen molar-refractivity contribution in [3.8, 4) is 11.1 Å². The number of allylic oxidation sites excluding steroid dienone is 1. The molecule has 1 amide bonds. The molecule has 3 heterocycles. The van der Waals surface area contributed by atoms with Crippen molar-refractivity contribution in [2.45, 2.75) is 51.5 Å². The molecule has 1 aromatic carbocycles. The smallest absolute Gasteiger partial charge is 0.293 e. The number of carbonyl (C=O) groups excluding carboxylic acids is 1. The number of rotatable bonds is 7. The highest BCUT2D eigenvalue weighted by Gasteiger charge is 2.46. The Bertz CT molecular complexity index is 1500. The molecule has 1 fully saturated rings. The monoisotopic (exact) mass is 498 g/mol. The van der Waals surface area contributed by atoms with Crippen LogP contribution in [0.25, 0.3) is 27.9 Å². The Hall–Kier alpha value is -4.34. The van der Waals surface area contributed by atoms with E-state index in [2.05, 4.69) is 66.5 Å². The topological polar surface area (TPSA) is 125 Å². The van der Waals surface area contributed by atoms with Crippen LogP contribution in [0.15, 0.2) is 52.4 Å². The number of benzene rings is 1. The molecule has 1 saturated carbocycles. The van der Waals surface area contributed by atoms with Crippen LogP contribution in [-0.4, -0.2) is 49.8 Å². The number of aromatic amines is 1. The van der Waals surface area contributed by atoms with Gasteiger partial charge in [0.15, 0.2) is 5.65 Å². The van der Waals surface area contributed by atoms with Crippen molar-refractivity contribution >= 4 is 29.4 Å². The molecule has 3 aromatic heterocycles. The van der Waals surface area contributed by atoms with E-state index in [4.69, 9.17) is 4.52 Å². The Labute approximate surface area is 214 Å². The highest BCUT2D eigenvalue weighted by Crippen LogP contribution is 2.46. The number of nitrogens with zero attached hydrogens (tertiary/aromatic N) is 6. The third kappa shape index (κ3) is 4.74. The zero-order valence-corrected chi connectivity index (χ0v) is 21.7. The summed E-state index contributed by atoms with van der Waals surface area (Å²) in [7, 11) is 1.81. The highest BCUT2D eigenvalue weighted by molar-refractivity contribution is 5.92. The third-order valence-electron chi connectivity index (χ3n) is 6.49. The minimum Gasteiger partial charge on any atom is -0.340 e. The van der Waals surface area contributed by atoms with Crippen LogP contribution < -0.4 is 5.32 Å². The fourth-order valence-electron chi connectivity index (χ4n) is 4.19. The van der Waals surface area contributed by atoms with E-state index in [1.807, 2.05) is 47.0 Å². The van der Waals surface area contributed by atoms with Crippen molar-refractivity contribution in [1.82, 2.24) is 35.4 Å². The van der Waals surface area contributed by atoms with Crippen LogP contribution in [-0.2, 0) is 11.0 Å². The standard InChI is InChI=1S/C27H30N8O2/c1-16(15-35(6)28-5)21-30-20-19(11-14-29-22(20)31-21)17-7-9-18(10-8-17)27(12-13-27)33-24(36)23-32-25(37-34-23)26(2,3)4/h7-11,14-15H,5,12-13H2,1-4,6H3,(H,33,36)(H,29,30,31)/b16-15+. The van der Waals surface area contributed by atoms with Crippen LogP contribution >= 0.6 is 0 Å². The van der Waals surface area contributed by atoms with Crippen molar-refractivity contribution in [3.05, 3.63) is 65.8 Å². The van der Waals surface area contributed by atoms with E-state index in [-0.39, 0.29) is 17.1 Å². The Morgan fingerprint density at radius 1 is 1.22 bits per heavy atom. The van der Waals surface area contributed by atoms with Gasteiger partial charge in [0.1, 0.15) is 5.82 Å². The summed E-state index contributed by atoms with van der Waals surface area (Å²) in [5.41, 5.74) is 4.73. The number of H-pyrrole nitrogens is 1. The van der Waals surface area contributed by atoms with E-state index in [1.165, 1.54) is 0 Å². The second kappa shape index (κ2) is 8.95. The SMILES string of the molecule is C=NN(C)/C=C(\C)c1nc2nccc(-c3ccc(C4(NC(=O)c5noc(C(C)(C)C)n5)CC4)cc3)c2[nH]1. The van der Waals surface area contributed by atoms with E-state index in [9.17, 15) is 4.79 Å². The number of hydrogen-bond acceptors (Lipinski definition) is 8. The van der Waals surface area contributed by atoms with Gasteiger partial charge in [-0.3, -0.25) is 9.80 Å². The maximum atomic E-state index is 12.9. The second-order valence-electron chi connectivity index (χ2n) is 10.5. The summed E-state index contributed by atoms with van der Waals surface area (Å²) in [4.78, 5) is 29.6. The van der Waals surface area contributed by atoms with Crippen molar-refractivity contribution in [2.75, 3.05) is 7.05 Å².